The average Bonchev–Trinajstić information content (AvgIpc) is 3.34. The van der Waals surface area contributed by atoms with Gasteiger partial charge in [-0.2, -0.15) is 0 Å². The summed E-state index contributed by atoms with van der Waals surface area (Å²) in [6, 6.07) is 7.62. The van der Waals surface area contributed by atoms with Gasteiger partial charge in [-0.15, -0.1) is 0 Å². The summed E-state index contributed by atoms with van der Waals surface area (Å²) in [4.78, 5) is 52.6. The first-order chi connectivity index (χ1) is 17.0. The van der Waals surface area contributed by atoms with Crippen molar-refractivity contribution in [1.29, 1.82) is 0 Å². The van der Waals surface area contributed by atoms with Crippen molar-refractivity contribution in [2.75, 3.05) is 6.54 Å². The molecule has 0 radical (unpaired) electrons. The second kappa shape index (κ2) is 13.9. The van der Waals surface area contributed by atoms with Crippen molar-refractivity contribution in [1.82, 2.24) is 15.5 Å². The van der Waals surface area contributed by atoms with Gasteiger partial charge in [-0.1, -0.05) is 75.3 Å². The monoisotopic (exact) mass is 485 g/mol. The number of hydrogen-bond donors (Lipinski definition) is 3. The summed E-state index contributed by atoms with van der Waals surface area (Å²) in [6.07, 6.45) is 9.77. The summed E-state index contributed by atoms with van der Waals surface area (Å²) in [5.41, 5.74) is 1.05. The summed E-state index contributed by atoms with van der Waals surface area (Å²) in [5, 5.41) is 14.9. The van der Waals surface area contributed by atoms with Gasteiger partial charge in [-0.25, -0.2) is 4.79 Å². The fraction of sp³-hybridized carbons (Fsp3) is 0.630. The van der Waals surface area contributed by atoms with Crippen molar-refractivity contribution < 1.29 is 24.3 Å². The minimum Gasteiger partial charge on any atom is -0.480 e. The van der Waals surface area contributed by atoms with Gasteiger partial charge < -0.3 is 20.6 Å². The third kappa shape index (κ3) is 8.37. The normalized spacial score (nSPS) is 25.5. The molecule has 3 amide bonds. The van der Waals surface area contributed by atoms with Crippen molar-refractivity contribution >= 4 is 23.7 Å². The van der Waals surface area contributed by atoms with E-state index in [2.05, 4.69) is 10.6 Å². The molecular formula is C27H39N3O5. The number of nitrogens with zero attached hydrogens (tertiary/aromatic N) is 1. The summed E-state index contributed by atoms with van der Waals surface area (Å²) in [6.45, 7) is 0.596. The first-order valence-electron chi connectivity index (χ1n) is 13.1. The van der Waals surface area contributed by atoms with Gasteiger partial charge in [0.25, 0.3) is 0 Å². The van der Waals surface area contributed by atoms with Gasteiger partial charge in [-0.05, 0) is 31.2 Å². The van der Waals surface area contributed by atoms with Crippen LogP contribution in [-0.4, -0.2) is 52.3 Å². The maximum absolute atomic E-state index is 13.3. The van der Waals surface area contributed by atoms with E-state index < -0.39 is 24.0 Å². The molecule has 0 saturated carbocycles. The van der Waals surface area contributed by atoms with Gasteiger partial charge in [0, 0.05) is 13.0 Å². The molecule has 1 unspecified atom stereocenters. The molecule has 3 atom stereocenters. The maximum atomic E-state index is 13.3. The van der Waals surface area contributed by atoms with Crippen molar-refractivity contribution in [3.63, 3.8) is 0 Å². The Hall–Kier alpha value is -2.90. The zero-order valence-corrected chi connectivity index (χ0v) is 20.5. The molecule has 8 heteroatoms. The summed E-state index contributed by atoms with van der Waals surface area (Å²) >= 11 is 0. The molecule has 0 bridgehead atoms. The average molecular weight is 486 g/mol. The Balaban J connectivity index is 1.71. The largest absolute Gasteiger partial charge is 0.480 e. The zero-order chi connectivity index (χ0) is 25.0. The Kier molecular flexibility index (Phi) is 10.6. The fourth-order valence-electron chi connectivity index (χ4n) is 5.08. The standard InChI is InChI=1S/C27H39N3O5/c31-24-17-11-6-4-2-1-3-5-10-15-21(27(34)35)29-26(33)22(28-24)19-25(32)30-18-12-16-23(30)20-13-8-7-9-14-20/h7-9,13-14,21-23H,1-6,10-12,15-19H2,(H,28,31)(H,29,33)(H,34,35)/t21-,22-,23?/m0/s1. The van der Waals surface area contributed by atoms with Gasteiger partial charge in [-0.3, -0.25) is 14.4 Å². The Morgan fingerprint density at radius 2 is 1.51 bits per heavy atom. The van der Waals surface area contributed by atoms with Crippen molar-refractivity contribution in [3.8, 4) is 0 Å². The Morgan fingerprint density at radius 3 is 2.20 bits per heavy atom. The lowest BCUT2D eigenvalue weighted by Crippen LogP contribution is -2.53. The van der Waals surface area contributed by atoms with E-state index in [1.54, 1.807) is 4.90 Å². The van der Waals surface area contributed by atoms with Crippen LogP contribution in [0.25, 0.3) is 0 Å². The highest BCUT2D eigenvalue weighted by Gasteiger charge is 2.34. The van der Waals surface area contributed by atoms with Gasteiger partial charge in [0.15, 0.2) is 0 Å². The van der Waals surface area contributed by atoms with Gasteiger partial charge in [0.1, 0.15) is 12.1 Å². The number of aliphatic carboxylic acids is 1. The molecule has 192 valence electrons. The quantitative estimate of drug-likeness (QED) is 0.601. The predicted octanol–water partition coefficient (Wildman–Crippen LogP) is 3.71. The van der Waals surface area contributed by atoms with E-state index in [4.69, 9.17) is 0 Å². The molecular weight excluding hydrogens is 446 g/mol. The molecule has 2 heterocycles. The Morgan fingerprint density at radius 1 is 0.857 bits per heavy atom. The summed E-state index contributed by atoms with van der Waals surface area (Å²) in [5.74, 6) is -2.20. The second-order valence-corrected chi connectivity index (χ2v) is 9.75. The lowest BCUT2D eigenvalue weighted by Gasteiger charge is -2.28. The molecule has 2 aliphatic rings. The van der Waals surface area contributed by atoms with E-state index in [0.29, 0.717) is 19.4 Å². The third-order valence-electron chi connectivity index (χ3n) is 7.05. The number of carbonyl (C=O) groups is 4. The van der Waals surface area contributed by atoms with Crippen LogP contribution >= 0.6 is 0 Å². The highest BCUT2D eigenvalue weighted by atomic mass is 16.4. The number of benzene rings is 1. The molecule has 2 fully saturated rings. The minimum absolute atomic E-state index is 0.0552. The lowest BCUT2D eigenvalue weighted by molar-refractivity contribution is -0.143. The summed E-state index contributed by atoms with van der Waals surface area (Å²) in [7, 11) is 0. The SMILES string of the molecule is O=C1CCCCCCCCCC[C@@H](C(=O)O)NC(=O)[C@H](CC(=O)N2CCCC2c2ccccc2)N1. The van der Waals surface area contributed by atoms with Gasteiger partial charge in [0.2, 0.25) is 17.7 Å². The molecule has 1 aromatic carbocycles. The number of amides is 3. The Bertz CT molecular complexity index is 860. The highest BCUT2D eigenvalue weighted by molar-refractivity contribution is 5.94. The van der Waals surface area contributed by atoms with Gasteiger partial charge >= 0.3 is 5.97 Å². The van der Waals surface area contributed by atoms with E-state index in [1.165, 1.54) is 0 Å². The fourth-order valence-corrected chi connectivity index (χ4v) is 5.08. The molecule has 0 spiro atoms. The van der Waals surface area contributed by atoms with Crippen LogP contribution in [-0.2, 0) is 19.2 Å². The number of carboxylic acid groups (broad SMARTS) is 1. The number of carbonyl (C=O) groups excluding carboxylic acids is 3. The van der Waals surface area contributed by atoms with Crippen LogP contribution in [0.5, 0.6) is 0 Å². The number of rotatable bonds is 4. The topological polar surface area (TPSA) is 116 Å². The molecule has 0 aromatic heterocycles. The van der Waals surface area contributed by atoms with E-state index in [1.807, 2.05) is 30.3 Å². The van der Waals surface area contributed by atoms with Crippen molar-refractivity contribution in [3.05, 3.63) is 35.9 Å². The number of nitrogens with one attached hydrogen (secondary N) is 2. The Labute approximate surface area is 207 Å². The third-order valence-corrected chi connectivity index (χ3v) is 7.05. The first kappa shape index (κ1) is 26.7. The number of carboxylic acids is 1. The van der Waals surface area contributed by atoms with E-state index >= 15 is 0 Å². The van der Waals surface area contributed by atoms with E-state index in [0.717, 1.165) is 63.4 Å². The van der Waals surface area contributed by atoms with Crippen molar-refractivity contribution in [2.45, 2.75) is 102 Å². The molecule has 2 saturated heterocycles. The summed E-state index contributed by atoms with van der Waals surface area (Å²) < 4.78 is 0. The van der Waals surface area contributed by atoms with Gasteiger partial charge in [0.05, 0.1) is 12.5 Å². The van der Waals surface area contributed by atoms with Crippen LogP contribution < -0.4 is 10.6 Å². The van der Waals surface area contributed by atoms with Crippen molar-refractivity contribution in [2.24, 2.45) is 0 Å². The smallest absolute Gasteiger partial charge is 0.326 e. The number of hydrogen-bond acceptors (Lipinski definition) is 4. The maximum Gasteiger partial charge on any atom is 0.326 e. The molecule has 8 nitrogen and oxygen atoms in total. The zero-order valence-electron chi connectivity index (χ0n) is 20.5. The molecule has 3 N–H and O–H groups in total. The highest BCUT2D eigenvalue weighted by Crippen LogP contribution is 2.32. The molecule has 2 aliphatic heterocycles. The van der Waals surface area contributed by atoms with Crippen LogP contribution in [0.2, 0.25) is 0 Å². The molecule has 1 aromatic rings. The molecule has 3 rings (SSSR count). The van der Waals surface area contributed by atoms with Crippen LogP contribution in [0, 0.1) is 0 Å². The van der Waals surface area contributed by atoms with Crippen LogP contribution in [0.15, 0.2) is 30.3 Å². The van der Waals surface area contributed by atoms with Crippen LogP contribution in [0.4, 0.5) is 0 Å². The van der Waals surface area contributed by atoms with Crippen LogP contribution in [0.3, 0.4) is 0 Å². The second-order valence-electron chi connectivity index (χ2n) is 9.75. The predicted molar refractivity (Wildman–Crippen MR) is 132 cm³/mol. The molecule has 35 heavy (non-hydrogen) atoms. The lowest BCUT2D eigenvalue weighted by atomic mass is 10.0. The number of likely N-dealkylation sites (tertiary alicyclic amines) is 1. The van der Waals surface area contributed by atoms with E-state index in [9.17, 15) is 24.3 Å². The molecule has 0 aliphatic carbocycles. The minimum atomic E-state index is -1.10. The first-order valence-corrected chi connectivity index (χ1v) is 13.1. The van der Waals surface area contributed by atoms with Crippen LogP contribution in [0.1, 0.15) is 95.1 Å². The van der Waals surface area contributed by atoms with E-state index in [-0.39, 0.29) is 30.7 Å².